The van der Waals surface area contributed by atoms with Crippen LogP contribution in [-0.2, 0) is 38.4 Å². The molecular weight excluding hydrogens is 554 g/mol. The number of hydrogen-bond donors (Lipinski definition) is 8. The number of nitrogens with two attached hydrogens (primary N) is 2. The van der Waals surface area contributed by atoms with Crippen LogP contribution in [0.4, 0.5) is 0 Å². The molecule has 13 heteroatoms. The number of amides is 3. The van der Waals surface area contributed by atoms with Gasteiger partial charge in [-0.25, -0.2) is 9.78 Å². The van der Waals surface area contributed by atoms with E-state index in [2.05, 4.69) is 25.9 Å². The number of H-pyrrole nitrogens is 1. The molecular formula is C30H39N7O6. The molecule has 1 heterocycles. The Hall–Kier alpha value is -4.75. The van der Waals surface area contributed by atoms with Gasteiger partial charge in [-0.3, -0.25) is 14.4 Å². The minimum Gasteiger partial charge on any atom is -0.508 e. The third-order valence-corrected chi connectivity index (χ3v) is 6.82. The van der Waals surface area contributed by atoms with Crippen molar-refractivity contribution in [2.45, 2.75) is 62.7 Å². The minimum atomic E-state index is -1.29. The number of carbonyl (C=O) groups excluding carboxylic acids is 3. The molecule has 0 bridgehead atoms. The Bertz CT molecular complexity index is 1320. The maximum absolute atomic E-state index is 13.7. The molecule has 13 nitrogen and oxygen atoms in total. The van der Waals surface area contributed by atoms with Gasteiger partial charge >= 0.3 is 5.97 Å². The van der Waals surface area contributed by atoms with Crippen LogP contribution in [0.25, 0.3) is 0 Å². The molecule has 43 heavy (non-hydrogen) atoms. The number of carboxylic acids is 1. The summed E-state index contributed by atoms with van der Waals surface area (Å²) in [5.74, 6) is -3.12. The summed E-state index contributed by atoms with van der Waals surface area (Å²) in [6.45, 7) is 0.468. The van der Waals surface area contributed by atoms with E-state index in [1.807, 2.05) is 6.07 Å². The smallest absolute Gasteiger partial charge is 0.326 e. The summed E-state index contributed by atoms with van der Waals surface area (Å²) < 4.78 is 0. The standard InChI is InChI=1S/C30H39N7O6/c31-13-5-4-8-23(32)27(39)35-24(15-20-9-11-22(38)12-10-20)28(40)36-25(14-19-6-2-1-3-7-19)29(41)37-26(30(42)43)16-21-17-33-18-34-21/h1-3,6-7,9-12,17-18,23-26,38H,4-5,8,13-16,31-32H2,(H,33,34)(H,35,39)(H,36,40)(H,37,41)(H,42,43). The van der Waals surface area contributed by atoms with E-state index in [0.717, 1.165) is 5.56 Å². The number of nitrogens with one attached hydrogen (secondary N) is 4. The Morgan fingerprint density at radius 3 is 1.93 bits per heavy atom. The maximum atomic E-state index is 13.7. The first-order valence-corrected chi connectivity index (χ1v) is 14.0. The largest absolute Gasteiger partial charge is 0.508 e. The number of aromatic amines is 1. The number of benzene rings is 2. The quantitative estimate of drug-likeness (QED) is 0.0995. The van der Waals surface area contributed by atoms with Gasteiger partial charge in [0.2, 0.25) is 17.7 Å². The summed E-state index contributed by atoms with van der Waals surface area (Å²) in [5, 5.41) is 27.3. The third-order valence-electron chi connectivity index (χ3n) is 6.82. The summed E-state index contributed by atoms with van der Waals surface area (Å²) in [6.07, 6.45) is 4.65. The van der Waals surface area contributed by atoms with Crippen LogP contribution in [0.5, 0.6) is 5.75 Å². The number of imidazole rings is 1. The van der Waals surface area contributed by atoms with Gasteiger partial charge in [0.05, 0.1) is 12.4 Å². The van der Waals surface area contributed by atoms with Crippen molar-refractivity contribution in [3.8, 4) is 5.75 Å². The molecule has 0 fully saturated rings. The van der Waals surface area contributed by atoms with Crippen LogP contribution in [0.1, 0.15) is 36.1 Å². The van der Waals surface area contributed by atoms with Gasteiger partial charge in [0, 0.05) is 31.2 Å². The Kier molecular flexibility index (Phi) is 12.7. The lowest BCUT2D eigenvalue weighted by Gasteiger charge is -2.25. The fourth-order valence-corrected chi connectivity index (χ4v) is 4.42. The zero-order chi connectivity index (χ0) is 31.2. The van der Waals surface area contributed by atoms with Gasteiger partial charge < -0.3 is 42.6 Å². The maximum Gasteiger partial charge on any atom is 0.326 e. The molecule has 3 amide bonds. The van der Waals surface area contributed by atoms with E-state index in [1.165, 1.54) is 24.7 Å². The average Bonchev–Trinajstić information content (AvgIpc) is 3.51. The fraction of sp³-hybridized carbons (Fsp3) is 0.367. The third kappa shape index (κ3) is 10.9. The number of phenolic OH excluding ortho intramolecular Hbond substituents is 1. The van der Waals surface area contributed by atoms with Gasteiger partial charge in [-0.15, -0.1) is 0 Å². The van der Waals surface area contributed by atoms with Crippen molar-refractivity contribution in [1.29, 1.82) is 0 Å². The SMILES string of the molecule is NCCCCC(N)C(=O)NC(Cc1ccc(O)cc1)C(=O)NC(Cc1ccccc1)C(=O)NC(Cc1cnc[nH]1)C(=O)O. The number of phenols is 1. The second-order valence-corrected chi connectivity index (χ2v) is 10.3. The summed E-state index contributed by atoms with van der Waals surface area (Å²) in [7, 11) is 0. The summed E-state index contributed by atoms with van der Waals surface area (Å²) in [4.78, 5) is 58.7. The van der Waals surface area contributed by atoms with Crippen LogP contribution >= 0.6 is 0 Å². The molecule has 0 saturated heterocycles. The van der Waals surface area contributed by atoms with E-state index in [9.17, 15) is 29.4 Å². The van der Waals surface area contributed by atoms with Crippen molar-refractivity contribution < 1.29 is 29.4 Å². The molecule has 3 aromatic rings. The number of aromatic hydroxyl groups is 1. The minimum absolute atomic E-state index is 0.0402. The van der Waals surface area contributed by atoms with Crippen LogP contribution in [0.3, 0.4) is 0 Å². The number of unbranched alkanes of at least 4 members (excludes halogenated alkanes) is 1. The van der Waals surface area contributed by atoms with Crippen molar-refractivity contribution >= 4 is 23.7 Å². The van der Waals surface area contributed by atoms with Gasteiger partial charge in [-0.2, -0.15) is 0 Å². The summed E-state index contributed by atoms with van der Waals surface area (Å²) in [5.41, 5.74) is 13.5. The summed E-state index contributed by atoms with van der Waals surface area (Å²) in [6, 6.07) is 10.6. The lowest BCUT2D eigenvalue weighted by Crippen LogP contribution is -2.58. The molecule has 0 aliphatic heterocycles. The van der Waals surface area contributed by atoms with E-state index in [-0.39, 0.29) is 25.0 Å². The molecule has 0 saturated carbocycles. The predicted octanol–water partition coefficient (Wildman–Crippen LogP) is 0.139. The van der Waals surface area contributed by atoms with E-state index < -0.39 is 47.9 Å². The fourth-order valence-electron chi connectivity index (χ4n) is 4.42. The predicted molar refractivity (Wildman–Crippen MR) is 159 cm³/mol. The number of nitrogens with zero attached hydrogens (tertiary/aromatic N) is 1. The molecule has 0 aliphatic carbocycles. The molecule has 4 atom stereocenters. The van der Waals surface area contributed by atoms with E-state index in [1.54, 1.807) is 36.4 Å². The van der Waals surface area contributed by atoms with Crippen molar-refractivity contribution in [1.82, 2.24) is 25.9 Å². The Balaban J connectivity index is 1.82. The number of carbonyl (C=O) groups is 4. The van der Waals surface area contributed by atoms with Crippen LogP contribution in [0.15, 0.2) is 67.1 Å². The van der Waals surface area contributed by atoms with Crippen LogP contribution in [0.2, 0.25) is 0 Å². The molecule has 230 valence electrons. The lowest BCUT2D eigenvalue weighted by atomic mass is 10.0. The number of carboxylic acid groups (broad SMARTS) is 1. The van der Waals surface area contributed by atoms with Crippen LogP contribution in [0, 0.1) is 0 Å². The number of hydrogen-bond acceptors (Lipinski definition) is 8. The number of aromatic nitrogens is 2. The molecule has 1 aromatic heterocycles. The van der Waals surface area contributed by atoms with E-state index in [4.69, 9.17) is 11.5 Å². The van der Waals surface area contributed by atoms with Crippen molar-refractivity contribution in [2.24, 2.45) is 11.5 Å². The highest BCUT2D eigenvalue weighted by molar-refractivity contribution is 5.94. The molecule has 0 spiro atoms. The van der Waals surface area contributed by atoms with Gasteiger partial charge in [0.15, 0.2) is 0 Å². The van der Waals surface area contributed by atoms with Crippen molar-refractivity contribution in [3.05, 3.63) is 83.9 Å². The van der Waals surface area contributed by atoms with Gasteiger partial charge in [-0.05, 0) is 42.6 Å². The van der Waals surface area contributed by atoms with Gasteiger partial charge in [0.25, 0.3) is 0 Å². The second-order valence-electron chi connectivity index (χ2n) is 10.3. The second kappa shape index (κ2) is 16.6. The van der Waals surface area contributed by atoms with Crippen LogP contribution in [-0.4, -0.2) is 74.6 Å². The highest BCUT2D eigenvalue weighted by Gasteiger charge is 2.31. The van der Waals surface area contributed by atoms with Gasteiger partial charge in [-0.1, -0.05) is 48.9 Å². The highest BCUT2D eigenvalue weighted by atomic mass is 16.4. The Morgan fingerprint density at radius 2 is 1.37 bits per heavy atom. The van der Waals surface area contributed by atoms with Crippen molar-refractivity contribution in [3.63, 3.8) is 0 Å². The van der Waals surface area contributed by atoms with E-state index >= 15 is 0 Å². The zero-order valence-corrected chi connectivity index (χ0v) is 23.7. The Labute approximate surface area is 249 Å². The van der Waals surface area contributed by atoms with Gasteiger partial charge in [0.1, 0.15) is 23.9 Å². The first-order valence-electron chi connectivity index (χ1n) is 14.0. The molecule has 10 N–H and O–H groups in total. The first kappa shape index (κ1) is 32.8. The summed E-state index contributed by atoms with van der Waals surface area (Å²) >= 11 is 0. The molecule has 3 rings (SSSR count). The normalized spacial score (nSPS) is 13.7. The lowest BCUT2D eigenvalue weighted by molar-refractivity contribution is -0.142. The van der Waals surface area contributed by atoms with Crippen LogP contribution < -0.4 is 27.4 Å². The highest BCUT2D eigenvalue weighted by Crippen LogP contribution is 2.13. The van der Waals surface area contributed by atoms with E-state index in [0.29, 0.717) is 37.1 Å². The Morgan fingerprint density at radius 1 is 0.791 bits per heavy atom. The average molecular weight is 594 g/mol. The monoisotopic (exact) mass is 593 g/mol. The zero-order valence-electron chi connectivity index (χ0n) is 23.7. The molecule has 0 aliphatic rings. The number of aliphatic carboxylic acids is 1. The molecule has 2 aromatic carbocycles. The topological polar surface area (TPSA) is 226 Å². The number of rotatable bonds is 17. The van der Waals surface area contributed by atoms with Crippen molar-refractivity contribution in [2.75, 3.05) is 6.54 Å². The molecule has 0 radical (unpaired) electrons. The molecule has 4 unspecified atom stereocenters. The first-order chi connectivity index (χ1) is 20.7.